The Kier molecular flexibility index (Phi) is 5.37. The van der Waals surface area contributed by atoms with Gasteiger partial charge >= 0.3 is 0 Å². The lowest BCUT2D eigenvalue weighted by molar-refractivity contribution is -0.136. The highest BCUT2D eigenvalue weighted by molar-refractivity contribution is 5.89. The predicted molar refractivity (Wildman–Crippen MR) is 75.3 cm³/mol. The molecule has 1 N–H and O–H groups in total. The van der Waals surface area contributed by atoms with Crippen LogP contribution < -0.4 is 5.32 Å². The van der Waals surface area contributed by atoms with Crippen molar-refractivity contribution >= 4 is 11.8 Å². The Labute approximate surface area is 120 Å². The van der Waals surface area contributed by atoms with Crippen molar-refractivity contribution in [2.24, 2.45) is 0 Å². The van der Waals surface area contributed by atoms with E-state index in [1.54, 1.807) is 4.90 Å². The van der Waals surface area contributed by atoms with E-state index in [0.717, 1.165) is 26.2 Å². The molecule has 0 aromatic carbocycles. The molecule has 6 heteroatoms. The summed E-state index contributed by atoms with van der Waals surface area (Å²) in [6, 6.07) is -0.379. The van der Waals surface area contributed by atoms with Gasteiger partial charge in [-0.15, -0.1) is 0 Å². The van der Waals surface area contributed by atoms with Gasteiger partial charge in [0.1, 0.15) is 6.04 Å². The number of nitrogens with one attached hydrogen (secondary N) is 1. The van der Waals surface area contributed by atoms with Gasteiger partial charge < -0.3 is 15.0 Å². The summed E-state index contributed by atoms with van der Waals surface area (Å²) in [4.78, 5) is 28.1. The number of ether oxygens (including phenoxy) is 1. The number of nitrogens with zero attached hydrogens (tertiary/aromatic N) is 2. The Bertz CT molecular complexity index is 362. The number of carbonyl (C=O) groups is 2. The van der Waals surface area contributed by atoms with Gasteiger partial charge in [0.15, 0.2) is 0 Å². The molecule has 2 atom stereocenters. The molecule has 2 aliphatic rings. The largest absolute Gasteiger partial charge is 0.374 e. The highest BCUT2D eigenvalue weighted by Gasteiger charge is 2.31. The number of amides is 2. The monoisotopic (exact) mass is 283 g/mol. The van der Waals surface area contributed by atoms with Crippen LogP contribution in [0.3, 0.4) is 0 Å². The highest BCUT2D eigenvalue weighted by Crippen LogP contribution is 2.11. The van der Waals surface area contributed by atoms with Crippen LogP contribution in [0.2, 0.25) is 0 Å². The lowest BCUT2D eigenvalue weighted by Crippen LogP contribution is -2.51. The van der Waals surface area contributed by atoms with E-state index in [1.165, 1.54) is 0 Å². The van der Waals surface area contributed by atoms with E-state index in [-0.39, 0.29) is 24.0 Å². The molecule has 0 aliphatic carbocycles. The fourth-order valence-electron chi connectivity index (χ4n) is 2.78. The van der Waals surface area contributed by atoms with Gasteiger partial charge in [0, 0.05) is 32.6 Å². The average Bonchev–Trinajstić information content (AvgIpc) is 2.60. The molecule has 0 spiro atoms. The number of hydrogen-bond acceptors (Lipinski definition) is 4. The van der Waals surface area contributed by atoms with Gasteiger partial charge in [0.25, 0.3) is 0 Å². The van der Waals surface area contributed by atoms with Crippen LogP contribution in [-0.2, 0) is 14.3 Å². The van der Waals surface area contributed by atoms with Crippen molar-refractivity contribution in [1.82, 2.24) is 15.1 Å². The maximum Gasteiger partial charge on any atom is 0.245 e. The zero-order valence-electron chi connectivity index (χ0n) is 12.4. The molecule has 2 saturated heterocycles. The molecule has 2 aliphatic heterocycles. The summed E-state index contributed by atoms with van der Waals surface area (Å²) in [5.41, 5.74) is 0. The number of morpholine rings is 1. The zero-order chi connectivity index (χ0) is 14.5. The Balaban J connectivity index is 1.96. The standard InChI is InChI=1S/C14H25N3O3/c1-3-12-14(19)17(6-5-13(18)15-12)10-11-9-16(4-2)7-8-20-11/h11-12H,3-10H2,1-2H3,(H,15,18). The molecular weight excluding hydrogens is 258 g/mol. The van der Waals surface area contributed by atoms with Crippen LogP contribution >= 0.6 is 0 Å². The van der Waals surface area contributed by atoms with Crippen LogP contribution in [0.1, 0.15) is 26.7 Å². The molecule has 0 saturated carbocycles. The fourth-order valence-corrected chi connectivity index (χ4v) is 2.78. The van der Waals surface area contributed by atoms with Crippen LogP contribution in [0.15, 0.2) is 0 Å². The summed E-state index contributed by atoms with van der Waals surface area (Å²) in [5, 5.41) is 2.78. The third kappa shape index (κ3) is 3.70. The third-order valence-electron chi connectivity index (χ3n) is 4.06. The van der Waals surface area contributed by atoms with E-state index in [4.69, 9.17) is 4.74 Å². The van der Waals surface area contributed by atoms with Crippen molar-refractivity contribution in [3.8, 4) is 0 Å². The minimum absolute atomic E-state index is 0.0237. The van der Waals surface area contributed by atoms with Gasteiger partial charge in [0.2, 0.25) is 11.8 Å². The molecular formula is C14H25N3O3. The second kappa shape index (κ2) is 7.04. The van der Waals surface area contributed by atoms with E-state index >= 15 is 0 Å². The minimum atomic E-state index is -0.379. The molecule has 114 valence electrons. The number of hydrogen-bond donors (Lipinski definition) is 1. The Morgan fingerprint density at radius 3 is 2.80 bits per heavy atom. The summed E-state index contributed by atoms with van der Waals surface area (Å²) in [5.74, 6) is -0.0111. The molecule has 0 aromatic heterocycles. The van der Waals surface area contributed by atoms with Crippen molar-refractivity contribution in [2.45, 2.75) is 38.8 Å². The van der Waals surface area contributed by atoms with E-state index in [9.17, 15) is 9.59 Å². The van der Waals surface area contributed by atoms with Gasteiger partial charge in [0.05, 0.1) is 12.7 Å². The normalized spacial score (nSPS) is 29.2. The van der Waals surface area contributed by atoms with Crippen LogP contribution in [0.4, 0.5) is 0 Å². The van der Waals surface area contributed by atoms with Gasteiger partial charge in [-0.1, -0.05) is 13.8 Å². The number of carbonyl (C=O) groups excluding carboxylic acids is 2. The lowest BCUT2D eigenvalue weighted by Gasteiger charge is -2.35. The minimum Gasteiger partial charge on any atom is -0.374 e. The molecule has 0 aromatic rings. The number of rotatable bonds is 4. The first-order chi connectivity index (χ1) is 9.63. The first kappa shape index (κ1) is 15.3. The molecule has 0 bridgehead atoms. The van der Waals surface area contributed by atoms with E-state index < -0.39 is 0 Å². The maximum atomic E-state index is 12.4. The Morgan fingerprint density at radius 1 is 1.30 bits per heavy atom. The molecule has 6 nitrogen and oxygen atoms in total. The lowest BCUT2D eigenvalue weighted by atomic mass is 10.2. The van der Waals surface area contributed by atoms with Crippen LogP contribution in [0.25, 0.3) is 0 Å². The summed E-state index contributed by atoms with van der Waals surface area (Å²) >= 11 is 0. The summed E-state index contributed by atoms with van der Waals surface area (Å²) < 4.78 is 5.76. The SMILES string of the molecule is CCC1NC(=O)CCN(CC2CN(CC)CCO2)C1=O. The van der Waals surface area contributed by atoms with Gasteiger partial charge in [-0.25, -0.2) is 0 Å². The van der Waals surface area contributed by atoms with Gasteiger partial charge in [-0.3, -0.25) is 14.5 Å². The topological polar surface area (TPSA) is 61.9 Å². The van der Waals surface area contributed by atoms with Gasteiger partial charge in [-0.05, 0) is 13.0 Å². The van der Waals surface area contributed by atoms with Crippen molar-refractivity contribution < 1.29 is 14.3 Å². The predicted octanol–water partition coefficient (Wildman–Crippen LogP) is -0.166. The van der Waals surface area contributed by atoms with Crippen LogP contribution in [0.5, 0.6) is 0 Å². The Hall–Kier alpha value is -1.14. The number of likely N-dealkylation sites (N-methyl/N-ethyl adjacent to an activating group) is 1. The molecule has 2 rings (SSSR count). The molecule has 2 amide bonds. The average molecular weight is 283 g/mol. The third-order valence-corrected chi connectivity index (χ3v) is 4.06. The molecule has 20 heavy (non-hydrogen) atoms. The zero-order valence-corrected chi connectivity index (χ0v) is 12.4. The van der Waals surface area contributed by atoms with Crippen molar-refractivity contribution in [3.63, 3.8) is 0 Å². The molecule has 0 radical (unpaired) electrons. The molecule has 2 fully saturated rings. The first-order valence-corrected chi connectivity index (χ1v) is 7.56. The van der Waals surface area contributed by atoms with Crippen molar-refractivity contribution in [3.05, 3.63) is 0 Å². The summed E-state index contributed by atoms with van der Waals surface area (Å²) in [6.45, 7) is 8.67. The molecule has 2 heterocycles. The fraction of sp³-hybridized carbons (Fsp3) is 0.857. The molecule has 2 unspecified atom stereocenters. The second-order valence-electron chi connectivity index (χ2n) is 5.45. The van der Waals surface area contributed by atoms with E-state index in [0.29, 0.717) is 25.9 Å². The Morgan fingerprint density at radius 2 is 2.10 bits per heavy atom. The van der Waals surface area contributed by atoms with E-state index in [2.05, 4.69) is 17.1 Å². The van der Waals surface area contributed by atoms with Crippen LogP contribution in [0, 0.1) is 0 Å². The van der Waals surface area contributed by atoms with Gasteiger partial charge in [-0.2, -0.15) is 0 Å². The summed E-state index contributed by atoms with van der Waals surface area (Å²) in [7, 11) is 0. The highest BCUT2D eigenvalue weighted by atomic mass is 16.5. The van der Waals surface area contributed by atoms with Crippen molar-refractivity contribution in [1.29, 1.82) is 0 Å². The second-order valence-corrected chi connectivity index (χ2v) is 5.45. The smallest absolute Gasteiger partial charge is 0.245 e. The summed E-state index contributed by atoms with van der Waals surface area (Å²) in [6.07, 6.45) is 1.07. The first-order valence-electron chi connectivity index (χ1n) is 7.56. The van der Waals surface area contributed by atoms with Crippen molar-refractivity contribution in [2.75, 3.05) is 39.3 Å². The van der Waals surface area contributed by atoms with Crippen LogP contribution in [-0.4, -0.2) is 73.1 Å². The maximum absolute atomic E-state index is 12.4. The van der Waals surface area contributed by atoms with E-state index in [1.807, 2.05) is 6.92 Å². The quantitative estimate of drug-likeness (QED) is 0.778.